The Kier molecular flexibility index (Phi) is 8.49. The molecule has 1 aromatic heterocycles. The van der Waals surface area contributed by atoms with Crippen molar-refractivity contribution in [3.63, 3.8) is 0 Å². The summed E-state index contributed by atoms with van der Waals surface area (Å²) >= 11 is 0. The highest BCUT2D eigenvalue weighted by molar-refractivity contribution is 5.96. The van der Waals surface area contributed by atoms with Gasteiger partial charge in [0.15, 0.2) is 0 Å². The molecule has 2 amide bonds. The number of pyridine rings is 1. The van der Waals surface area contributed by atoms with E-state index in [4.69, 9.17) is 4.98 Å². The van der Waals surface area contributed by atoms with Crippen LogP contribution in [-0.2, 0) is 16.0 Å². The van der Waals surface area contributed by atoms with Crippen molar-refractivity contribution in [2.45, 2.75) is 59.3 Å². The fourth-order valence-electron chi connectivity index (χ4n) is 6.40. The Labute approximate surface area is 232 Å². The summed E-state index contributed by atoms with van der Waals surface area (Å²) in [4.78, 5) is 34.8. The van der Waals surface area contributed by atoms with Crippen molar-refractivity contribution in [3.8, 4) is 0 Å². The average molecular weight is 527 g/mol. The van der Waals surface area contributed by atoms with Gasteiger partial charge in [0.25, 0.3) is 0 Å². The molecule has 206 valence electrons. The molecule has 0 saturated carbocycles. The number of benzene rings is 2. The maximum atomic E-state index is 12.8. The molecule has 39 heavy (non-hydrogen) atoms. The molecule has 2 aromatic carbocycles. The molecule has 6 nitrogen and oxygen atoms in total. The molecule has 3 aromatic rings. The minimum absolute atomic E-state index is 0.0794. The first-order chi connectivity index (χ1) is 18.8. The molecule has 3 heterocycles. The van der Waals surface area contributed by atoms with Gasteiger partial charge in [-0.15, -0.1) is 0 Å². The Morgan fingerprint density at radius 2 is 1.67 bits per heavy atom. The van der Waals surface area contributed by atoms with Crippen LogP contribution in [0.25, 0.3) is 10.9 Å². The number of anilines is 2. The second-order valence-corrected chi connectivity index (χ2v) is 11.9. The first-order valence-corrected chi connectivity index (χ1v) is 14.6. The summed E-state index contributed by atoms with van der Waals surface area (Å²) in [5.41, 5.74) is 4.22. The standard InChI is InChI=1S/C33H42N4O2/c1-23-17-24(2)22-37(21-23)31-18-25(3)29-20-28(9-10-30(29)35-31)34-32(38)11-12-33(39)36-15-13-27(14-16-36)19-26-7-5-4-6-8-26/h4-10,18,20,23-24,27H,11-17,19,21-22H2,1-3H3,(H,34,38). The molecule has 2 fully saturated rings. The molecule has 2 atom stereocenters. The van der Waals surface area contributed by atoms with E-state index in [1.54, 1.807) is 0 Å². The number of carbonyl (C=O) groups is 2. The van der Waals surface area contributed by atoms with Crippen molar-refractivity contribution in [3.05, 3.63) is 65.7 Å². The van der Waals surface area contributed by atoms with Crippen molar-refractivity contribution in [2.24, 2.45) is 17.8 Å². The first kappa shape index (κ1) is 27.2. The highest BCUT2D eigenvalue weighted by Gasteiger charge is 2.24. The number of hydrogen-bond acceptors (Lipinski definition) is 4. The largest absolute Gasteiger partial charge is 0.356 e. The van der Waals surface area contributed by atoms with Gasteiger partial charge in [0, 0.05) is 50.1 Å². The van der Waals surface area contributed by atoms with E-state index >= 15 is 0 Å². The summed E-state index contributed by atoms with van der Waals surface area (Å²) in [6.45, 7) is 10.4. The fourth-order valence-corrected chi connectivity index (χ4v) is 6.40. The normalized spacial score (nSPS) is 20.3. The zero-order valence-corrected chi connectivity index (χ0v) is 23.7. The number of likely N-dealkylation sites (tertiary alicyclic amines) is 1. The summed E-state index contributed by atoms with van der Waals surface area (Å²) in [5.74, 6) is 2.95. The van der Waals surface area contributed by atoms with Crippen molar-refractivity contribution < 1.29 is 9.59 Å². The van der Waals surface area contributed by atoms with Crippen LogP contribution < -0.4 is 10.2 Å². The number of amides is 2. The van der Waals surface area contributed by atoms with Gasteiger partial charge in [-0.3, -0.25) is 9.59 Å². The summed E-state index contributed by atoms with van der Waals surface area (Å²) in [7, 11) is 0. The smallest absolute Gasteiger partial charge is 0.224 e. The molecule has 5 rings (SSSR count). The Morgan fingerprint density at radius 3 is 2.38 bits per heavy atom. The molecule has 0 spiro atoms. The number of aromatic nitrogens is 1. The highest BCUT2D eigenvalue weighted by Crippen LogP contribution is 2.30. The van der Waals surface area contributed by atoms with Gasteiger partial charge in [0.2, 0.25) is 11.8 Å². The molecule has 6 heteroatoms. The molecule has 2 saturated heterocycles. The predicted octanol–water partition coefficient (Wildman–Crippen LogP) is 6.23. The average Bonchev–Trinajstić information content (AvgIpc) is 2.92. The molecular weight excluding hydrogens is 484 g/mol. The van der Waals surface area contributed by atoms with Gasteiger partial charge in [-0.2, -0.15) is 0 Å². The fraction of sp³-hybridized carbons (Fsp3) is 0.485. The first-order valence-electron chi connectivity index (χ1n) is 14.6. The SMILES string of the molecule is Cc1cc(N2CC(C)CC(C)C2)nc2ccc(NC(=O)CCC(=O)N3CCC(Cc4ccccc4)CC3)cc12. The van der Waals surface area contributed by atoms with Crippen LogP contribution >= 0.6 is 0 Å². The van der Waals surface area contributed by atoms with E-state index in [2.05, 4.69) is 61.3 Å². The third kappa shape index (κ3) is 6.97. The van der Waals surface area contributed by atoms with Crippen LogP contribution in [0, 0.1) is 24.7 Å². The molecule has 2 aliphatic rings. The number of nitrogens with one attached hydrogen (secondary N) is 1. The van der Waals surface area contributed by atoms with E-state index in [1.165, 1.54) is 12.0 Å². The zero-order chi connectivity index (χ0) is 27.4. The van der Waals surface area contributed by atoms with Crippen LogP contribution in [0.4, 0.5) is 11.5 Å². The Bertz CT molecular complexity index is 1290. The third-order valence-electron chi connectivity index (χ3n) is 8.38. The van der Waals surface area contributed by atoms with Gasteiger partial charge in [-0.25, -0.2) is 4.98 Å². The van der Waals surface area contributed by atoms with E-state index in [-0.39, 0.29) is 24.7 Å². The quantitative estimate of drug-likeness (QED) is 0.397. The second kappa shape index (κ2) is 12.2. The Hall–Kier alpha value is -3.41. The third-order valence-corrected chi connectivity index (χ3v) is 8.38. The van der Waals surface area contributed by atoms with E-state index in [1.807, 2.05) is 29.2 Å². The van der Waals surface area contributed by atoms with Gasteiger partial charge in [-0.1, -0.05) is 44.2 Å². The van der Waals surface area contributed by atoms with Crippen LogP contribution in [0.3, 0.4) is 0 Å². The lowest BCUT2D eigenvalue weighted by Crippen LogP contribution is -2.39. The number of piperidine rings is 2. The Morgan fingerprint density at radius 1 is 0.949 bits per heavy atom. The van der Waals surface area contributed by atoms with Crippen LogP contribution in [-0.4, -0.2) is 47.9 Å². The summed E-state index contributed by atoms with van der Waals surface area (Å²) in [6, 6.07) is 18.6. The zero-order valence-electron chi connectivity index (χ0n) is 23.7. The van der Waals surface area contributed by atoms with Crippen LogP contribution in [0.5, 0.6) is 0 Å². The number of nitrogens with zero attached hydrogens (tertiary/aromatic N) is 3. The summed E-state index contributed by atoms with van der Waals surface area (Å²) < 4.78 is 0. The highest BCUT2D eigenvalue weighted by atomic mass is 16.2. The topological polar surface area (TPSA) is 65.5 Å². The van der Waals surface area contributed by atoms with E-state index in [0.29, 0.717) is 17.8 Å². The van der Waals surface area contributed by atoms with Crippen molar-refractivity contribution in [2.75, 3.05) is 36.4 Å². The van der Waals surface area contributed by atoms with Crippen molar-refractivity contribution >= 4 is 34.2 Å². The molecular formula is C33H42N4O2. The van der Waals surface area contributed by atoms with E-state index in [0.717, 1.165) is 73.4 Å². The monoisotopic (exact) mass is 526 g/mol. The number of hydrogen-bond donors (Lipinski definition) is 1. The van der Waals surface area contributed by atoms with Crippen molar-refractivity contribution in [1.82, 2.24) is 9.88 Å². The van der Waals surface area contributed by atoms with Crippen molar-refractivity contribution in [1.29, 1.82) is 0 Å². The second-order valence-electron chi connectivity index (χ2n) is 11.9. The number of rotatable bonds is 7. The number of aryl methyl sites for hydroxylation is 1. The number of carbonyl (C=O) groups excluding carboxylic acids is 2. The van der Waals surface area contributed by atoms with Crippen LogP contribution in [0.15, 0.2) is 54.6 Å². The number of fused-ring (bicyclic) bond motifs is 1. The van der Waals surface area contributed by atoms with Crippen LogP contribution in [0.1, 0.15) is 57.1 Å². The van der Waals surface area contributed by atoms with Gasteiger partial charge >= 0.3 is 0 Å². The molecule has 1 N–H and O–H groups in total. The van der Waals surface area contributed by atoms with Gasteiger partial charge < -0.3 is 15.1 Å². The van der Waals surface area contributed by atoms with Crippen LogP contribution in [0.2, 0.25) is 0 Å². The maximum absolute atomic E-state index is 12.8. The lowest BCUT2D eigenvalue weighted by atomic mass is 9.90. The minimum atomic E-state index is -0.125. The van der Waals surface area contributed by atoms with Gasteiger partial charge in [0.05, 0.1) is 5.52 Å². The molecule has 2 unspecified atom stereocenters. The lowest BCUT2D eigenvalue weighted by molar-refractivity contribution is -0.134. The molecule has 0 radical (unpaired) electrons. The van der Waals surface area contributed by atoms with E-state index in [9.17, 15) is 9.59 Å². The molecule has 0 aliphatic carbocycles. The van der Waals surface area contributed by atoms with E-state index < -0.39 is 0 Å². The minimum Gasteiger partial charge on any atom is -0.356 e. The molecule has 2 aliphatic heterocycles. The summed E-state index contributed by atoms with van der Waals surface area (Å²) in [5, 5.41) is 4.04. The maximum Gasteiger partial charge on any atom is 0.224 e. The lowest BCUT2D eigenvalue weighted by Gasteiger charge is -2.36. The van der Waals surface area contributed by atoms with Gasteiger partial charge in [-0.05, 0) is 85.8 Å². The summed E-state index contributed by atoms with van der Waals surface area (Å²) in [6.07, 6.45) is 4.83. The Balaban J connectivity index is 1.11. The predicted molar refractivity (Wildman–Crippen MR) is 159 cm³/mol. The van der Waals surface area contributed by atoms with Gasteiger partial charge in [0.1, 0.15) is 5.82 Å². The molecule has 0 bridgehead atoms.